The molecule has 2 rings (SSSR count). The molecule has 1 aromatic rings. The van der Waals surface area contributed by atoms with Crippen LogP contribution in [0.5, 0.6) is 0 Å². The highest BCUT2D eigenvalue weighted by Crippen LogP contribution is 2.26. The Hall–Kier alpha value is -0.930. The van der Waals surface area contributed by atoms with Gasteiger partial charge in [0.2, 0.25) is 0 Å². The van der Waals surface area contributed by atoms with E-state index in [-0.39, 0.29) is 5.82 Å². The average molecular weight is 265 g/mol. The van der Waals surface area contributed by atoms with Crippen LogP contribution >= 0.6 is 0 Å². The zero-order chi connectivity index (χ0) is 13.8. The van der Waals surface area contributed by atoms with Crippen LogP contribution in [0.4, 0.5) is 4.39 Å². The van der Waals surface area contributed by atoms with Crippen molar-refractivity contribution >= 4 is 0 Å². The van der Waals surface area contributed by atoms with Crippen LogP contribution in [-0.4, -0.2) is 17.7 Å². The first-order valence-corrected chi connectivity index (χ1v) is 7.27. The molecule has 0 aliphatic carbocycles. The third-order valence-corrected chi connectivity index (χ3v) is 4.27. The first kappa shape index (κ1) is 14.5. The Bertz CT molecular complexity index is 421. The second-order valence-electron chi connectivity index (χ2n) is 5.71. The number of hydrogen-bond acceptors (Lipinski definition) is 2. The molecule has 3 unspecified atom stereocenters. The number of hydrogen-bond donors (Lipinski definition) is 2. The molecular formula is C16H24FNO. The van der Waals surface area contributed by atoms with E-state index in [9.17, 15) is 9.50 Å². The van der Waals surface area contributed by atoms with Gasteiger partial charge in [-0.25, -0.2) is 4.39 Å². The Labute approximate surface area is 115 Å². The standard InChI is InChI=1S/C16H24FNO/c1-3-12-6-7-18-14(8-12)10-16(19)13-5-4-11(2)15(17)9-13/h4-5,9,12,14,16,18-19H,3,6-8,10H2,1-2H3. The summed E-state index contributed by atoms with van der Waals surface area (Å²) in [5.41, 5.74) is 1.31. The van der Waals surface area contributed by atoms with Crippen LogP contribution < -0.4 is 5.32 Å². The fourth-order valence-electron chi connectivity index (χ4n) is 2.87. The van der Waals surface area contributed by atoms with E-state index in [0.717, 1.165) is 18.9 Å². The van der Waals surface area contributed by atoms with E-state index in [1.54, 1.807) is 13.0 Å². The van der Waals surface area contributed by atoms with Gasteiger partial charge >= 0.3 is 0 Å². The van der Waals surface area contributed by atoms with Crippen molar-refractivity contribution in [1.29, 1.82) is 0 Å². The highest BCUT2D eigenvalue weighted by Gasteiger charge is 2.23. The first-order chi connectivity index (χ1) is 9.10. The molecule has 1 saturated heterocycles. The Balaban J connectivity index is 1.96. The quantitative estimate of drug-likeness (QED) is 0.875. The van der Waals surface area contributed by atoms with E-state index < -0.39 is 6.10 Å². The average Bonchev–Trinajstić information content (AvgIpc) is 2.42. The van der Waals surface area contributed by atoms with E-state index in [0.29, 0.717) is 23.6 Å². The predicted octanol–water partition coefficient (Wildman–Crippen LogP) is 3.34. The maximum Gasteiger partial charge on any atom is 0.126 e. The molecule has 1 heterocycles. The molecule has 1 aliphatic heterocycles. The molecule has 19 heavy (non-hydrogen) atoms. The highest BCUT2D eigenvalue weighted by atomic mass is 19.1. The summed E-state index contributed by atoms with van der Waals surface area (Å²) < 4.78 is 13.5. The minimum atomic E-state index is -0.580. The largest absolute Gasteiger partial charge is 0.388 e. The molecule has 106 valence electrons. The zero-order valence-electron chi connectivity index (χ0n) is 11.8. The lowest BCUT2D eigenvalue weighted by Gasteiger charge is -2.31. The molecule has 2 N–H and O–H groups in total. The predicted molar refractivity (Wildman–Crippen MR) is 75.5 cm³/mol. The minimum Gasteiger partial charge on any atom is -0.388 e. The van der Waals surface area contributed by atoms with Crippen molar-refractivity contribution in [3.8, 4) is 0 Å². The van der Waals surface area contributed by atoms with Gasteiger partial charge in [0.05, 0.1) is 6.10 Å². The summed E-state index contributed by atoms with van der Waals surface area (Å²) in [5.74, 6) is 0.521. The summed E-state index contributed by atoms with van der Waals surface area (Å²) in [5, 5.41) is 13.7. The summed E-state index contributed by atoms with van der Waals surface area (Å²) in [7, 11) is 0. The van der Waals surface area contributed by atoms with Crippen molar-refractivity contribution < 1.29 is 9.50 Å². The molecule has 0 amide bonds. The Kier molecular flexibility index (Phi) is 4.94. The van der Waals surface area contributed by atoms with Gasteiger partial charge in [-0.2, -0.15) is 0 Å². The summed E-state index contributed by atoms with van der Waals surface area (Å²) in [6.45, 7) is 4.98. The molecule has 0 saturated carbocycles. The molecule has 1 aromatic carbocycles. The number of aryl methyl sites for hydroxylation is 1. The fraction of sp³-hybridized carbons (Fsp3) is 0.625. The van der Waals surface area contributed by atoms with Crippen LogP contribution in [-0.2, 0) is 0 Å². The number of nitrogens with one attached hydrogen (secondary N) is 1. The number of benzene rings is 1. The number of rotatable bonds is 4. The molecule has 3 heteroatoms. The van der Waals surface area contributed by atoms with E-state index in [2.05, 4.69) is 12.2 Å². The van der Waals surface area contributed by atoms with Gasteiger partial charge < -0.3 is 10.4 Å². The first-order valence-electron chi connectivity index (χ1n) is 7.27. The van der Waals surface area contributed by atoms with E-state index in [1.807, 2.05) is 6.07 Å². The second kappa shape index (κ2) is 6.49. The third-order valence-electron chi connectivity index (χ3n) is 4.27. The van der Waals surface area contributed by atoms with Crippen LogP contribution in [0.3, 0.4) is 0 Å². The van der Waals surface area contributed by atoms with E-state index >= 15 is 0 Å². The van der Waals surface area contributed by atoms with Gasteiger partial charge in [0.1, 0.15) is 5.82 Å². The molecule has 0 aromatic heterocycles. The van der Waals surface area contributed by atoms with Crippen molar-refractivity contribution in [3.05, 3.63) is 35.1 Å². The van der Waals surface area contributed by atoms with Crippen molar-refractivity contribution in [2.24, 2.45) is 5.92 Å². The van der Waals surface area contributed by atoms with E-state index in [1.165, 1.54) is 18.9 Å². The van der Waals surface area contributed by atoms with Crippen LogP contribution in [0.15, 0.2) is 18.2 Å². The van der Waals surface area contributed by atoms with E-state index in [4.69, 9.17) is 0 Å². The second-order valence-corrected chi connectivity index (χ2v) is 5.71. The van der Waals surface area contributed by atoms with Crippen molar-refractivity contribution in [2.75, 3.05) is 6.54 Å². The normalized spacial score (nSPS) is 25.3. The SMILES string of the molecule is CCC1CCNC(CC(O)c2ccc(C)c(F)c2)C1. The lowest BCUT2D eigenvalue weighted by atomic mass is 9.87. The smallest absolute Gasteiger partial charge is 0.126 e. The van der Waals surface area contributed by atoms with Crippen LogP contribution in [0, 0.1) is 18.7 Å². The van der Waals surface area contributed by atoms with Crippen molar-refractivity contribution in [3.63, 3.8) is 0 Å². The molecule has 2 nitrogen and oxygen atoms in total. The molecule has 0 bridgehead atoms. The Morgan fingerprint density at radius 1 is 1.47 bits per heavy atom. The van der Waals surface area contributed by atoms with Crippen LogP contribution in [0.1, 0.15) is 49.8 Å². The Morgan fingerprint density at radius 3 is 2.95 bits per heavy atom. The number of halogens is 1. The topological polar surface area (TPSA) is 32.3 Å². The van der Waals surface area contributed by atoms with Gasteiger partial charge in [0, 0.05) is 6.04 Å². The fourth-order valence-corrected chi connectivity index (χ4v) is 2.87. The lowest BCUT2D eigenvalue weighted by molar-refractivity contribution is 0.135. The summed E-state index contributed by atoms with van der Waals surface area (Å²) in [4.78, 5) is 0. The maximum atomic E-state index is 13.5. The van der Waals surface area contributed by atoms with Gasteiger partial charge in [-0.3, -0.25) is 0 Å². The molecule has 1 fully saturated rings. The highest BCUT2D eigenvalue weighted by molar-refractivity contribution is 5.25. The van der Waals surface area contributed by atoms with Gasteiger partial charge in [-0.15, -0.1) is 0 Å². The van der Waals surface area contributed by atoms with Crippen molar-refractivity contribution in [2.45, 2.75) is 51.7 Å². The number of aliphatic hydroxyl groups excluding tert-OH is 1. The number of piperidine rings is 1. The minimum absolute atomic E-state index is 0.236. The molecule has 1 aliphatic rings. The zero-order valence-corrected chi connectivity index (χ0v) is 11.8. The molecule has 3 atom stereocenters. The van der Waals surface area contributed by atoms with Crippen molar-refractivity contribution in [1.82, 2.24) is 5.32 Å². The third kappa shape index (κ3) is 3.77. The molecule has 0 radical (unpaired) electrons. The lowest BCUT2D eigenvalue weighted by Crippen LogP contribution is -2.38. The monoisotopic (exact) mass is 265 g/mol. The molecular weight excluding hydrogens is 241 g/mol. The summed E-state index contributed by atoms with van der Waals surface area (Å²) in [6.07, 6.45) is 3.62. The maximum absolute atomic E-state index is 13.5. The Morgan fingerprint density at radius 2 is 2.26 bits per heavy atom. The summed E-state index contributed by atoms with van der Waals surface area (Å²) in [6, 6.07) is 5.36. The number of aliphatic hydroxyl groups is 1. The van der Waals surface area contributed by atoms with Gasteiger partial charge in [0.15, 0.2) is 0 Å². The van der Waals surface area contributed by atoms with Gasteiger partial charge in [0.25, 0.3) is 0 Å². The van der Waals surface area contributed by atoms with Crippen LogP contribution in [0.25, 0.3) is 0 Å². The van der Waals surface area contributed by atoms with Gasteiger partial charge in [-0.05, 0) is 55.8 Å². The summed E-state index contributed by atoms with van der Waals surface area (Å²) >= 11 is 0. The van der Waals surface area contributed by atoms with Crippen LogP contribution in [0.2, 0.25) is 0 Å². The van der Waals surface area contributed by atoms with Gasteiger partial charge in [-0.1, -0.05) is 25.5 Å². The molecule has 0 spiro atoms.